The zero-order valence-corrected chi connectivity index (χ0v) is 28.0. The van der Waals surface area contributed by atoms with Crippen molar-refractivity contribution < 1.29 is 9.47 Å². The molecule has 0 amide bonds. The molecule has 45 heavy (non-hydrogen) atoms. The number of nitrogens with zero attached hydrogens (tertiary/aromatic N) is 2. The van der Waals surface area contributed by atoms with Crippen molar-refractivity contribution in [3.05, 3.63) is 96.1 Å². The van der Waals surface area contributed by atoms with Gasteiger partial charge in [0.1, 0.15) is 11.5 Å². The van der Waals surface area contributed by atoms with E-state index in [2.05, 4.69) is 110 Å². The number of hydrogen-bond acceptors (Lipinski definition) is 4. The largest absolute Gasteiger partial charge is 0.494 e. The summed E-state index contributed by atoms with van der Waals surface area (Å²) in [6.45, 7) is 6.12. The molecule has 1 unspecified atom stereocenters. The molecule has 0 N–H and O–H groups in total. The quantitative estimate of drug-likeness (QED) is 0.106. The van der Waals surface area contributed by atoms with E-state index in [0.29, 0.717) is 0 Å². The van der Waals surface area contributed by atoms with E-state index in [4.69, 9.17) is 14.6 Å². The Bertz CT molecular complexity index is 1250. The second-order valence-corrected chi connectivity index (χ2v) is 12.4. The summed E-state index contributed by atoms with van der Waals surface area (Å²) in [7, 11) is 0. The first kappa shape index (κ1) is 34.3. The summed E-state index contributed by atoms with van der Waals surface area (Å²) in [6, 6.07) is 27.7. The zero-order valence-electron chi connectivity index (χ0n) is 28.0. The lowest BCUT2D eigenvalue weighted by Crippen LogP contribution is -2.18. The van der Waals surface area contributed by atoms with Crippen molar-refractivity contribution in [3.8, 4) is 11.5 Å². The van der Waals surface area contributed by atoms with Crippen LogP contribution in [0.3, 0.4) is 0 Å². The fraction of sp³-hybridized carbons (Fsp3) is 0.488. The molecule has 4 heteroatoms. The van der Waals surface area contributed by atoms with Crippen LogP contribution in [-0.4, -0.2) is 18.9 Å². The Labute approximate surface area is 273 Å². The van der Waals surface area contributed by atoms with Gasteiger partial charge in [-0.15, -0.1) is 0 Å². The number of hydrazone groups is 1. The van der Waals surface area contributed by atoms with Crippen LogP contribution in [0.4, 0.5) is 5.69 Å². The van der Waals surface area contributed by atoms with Crippen LogP contribution < -0.4 is 14.5 Å². The molecule has 0 spiro atoms. The third kappa shape index (κ3) is 12.4. The van der Waals surface area contributed by atoms with Gasteiger partial charge in [-0.2, -0.15) is 5.10 Å². The molecule has 242 valence electrons. The smallest absolute Gasteiger partial charge is 0.119 e. The Morgan fingerprint density at radius 1 is 0.600 bits per heavy atom. The summed E-state index contributed by atoms with van der Waals surface area (Å²) in [6.07, 6.45) is 23.3. The fourth-order valence-electron chi connectivity index (χ4n) is 5.86. The van der Waals surface area contributed by atoms with Crippen LogP contribution in [-0.2, 0) is 0 Å². The molecular weight excluding hydrogens is 552 g/mol. The predicted molar refractivity (Wildman–Crippen MR) is 193 cm³/mol. The van der Waals surface area contributed by atoms with Crippen molar-refractivity contribution in [1.82, 2.24) is 0 Å². The van der Waals surface area contributed by atoms with E-state index in [0.717, 1.165) is 60.9 Å². The second kappa shape index (κ2) is 20.5. The molecule has 1 atom stereocenters. The van der Waals surface area contributed by atoms with E-state index in [1.807, 2.05) is 0 Å². The molecule has 1 aliphatic rings. The first-order valence-electron chi connectivity index (χ1n) is 17.8. The molecule has 0 radical (unpaired) electrons. The normalized spacial score (nSPS) is 14.7. The summed E-state index contributed by atoms with van der Waals surface area (Å²) in [5.41, 5.74) is 4.57. The van der Waals surface area contributed by atoms with E-state index in [9.17, 15) is 0 Å². The van der Waals surface area contributed by atoms with Gasteiger partial charge >= 0.3 is 0 Å². The highest BCUT2D eigenvalue weighted by Gasteiger charge is 2.28. The Morgan fingerprint density at radius 2 is 1.11 bits per heavy atom. The molecule has 1 heterocycles. The van der Waals surface area contributed by atoms with Crippen LogP contribution in [0.25, 0.3) is 6.08 Å². The van der Waals surface area contributed by atoms with Gasteiger partial charge in [-0.05, 0) is 66.4 Å². The number of anilines is 1. The number of ether oxygens (including phenoxy) is 2. The molecule has 0 saturated heterocycles. The summed E-state index contributed by atoms with van der Waals surface area (Å²) in [5.74, 6) is 1.89. The number of rotatable bonds is 22. The van der Waals surface area contributed by atoms with Gasteiger partial charge in [-0.1, -0.05) is 139 Å². The third-order valence-corrected chi connectivity index (χ3v) is 8.60. The lowest BCUT2D eigenvalue weighted by atomic mass is 10.0. The fourth-order valence-corrected chi connectivity index (χ4v) is 5.86. The standard InChI is InChI=1S/C41H56N2O2/c1-3-5-7-9-11-13-18-32-44-39-28-23-35(24-29-39)22-27-37-34-41(43(42-37)38-20-16-15-17-21-38)36-25-30-40(31-26-36)45-33-19-14-12-10-8-6-4-2/h15-17,20-31,41H,3-14,18-19,32-34H2,1-2H3. The third-order valence-electron chi connectivity index (χ3n) is 8.60. The Kier molecular flexibility index (Phi) is 15.6. The van der Waals surface area contributed by atoms with Crippen molar-refractivity contribution in [2.24, 2.45) is 5.10 Å². The molecule has 0 aromatic heterocycles. The highest BCUT2D eigenvalue weighted by molar-refractivity contribution is 6.01. The summed E-state index contributed by atoms with van der Waals surface area (Å²) in [4.78, 5) is 0. The number of para-hydroxylation sites is 1. The van der Waals surface area contributed by atoms with Gasteiger partial charge in [0.25, 0.3) is 0 Å². The van der Waals surface area contributed by atoms with Gasteiger partial charge in [0.05, 0.1) is 30.7 Å². The molecule has 4 rings (SSSR count). The summed E-state index contributed by atoms with van der Waals surface area (Å²) >= 11 is 0. The van der Waals surface area contributed by atoms with Crippen molar-refractivity contribution in [3.63, 3.8) is 0 Å². The van der Waals surface area contributed by atoms with E-state index in [1.54, 1.807) is 0 Å². The van der Waals surface area contributed by atoms with Gasteiger partial charge < -0.3 is 9.47 Å². The Balaban J connectivity index is 1.27. The molecule has 0 saturated carbocycles. The average molecular weight is 609 g/mol. The number of unbranched alkanes of at least 4 members (excludes halogenated alkanes) is 12. The van der Waals surface area contributed by atoms with Crippen molar-refractivity contribution in [2.45, 2.75) is 116 Å². The van der Waals surface area contributed by atoms with E-state index < -0.39 is 0 Å². The average Bonchev–Trinajstić information content (AvgIpc) is 3.52. The van der Waals surface area contributed by atoms with Crippen LogP contribution in [0.15, 0.2) is 90.0 Å². The van der Waals surface area contributed by atoms with Crippen LogP contribution in [0, 0.1) is 0 Å². The second-order valence-electron chi connectivity index (χ2n) is 12.4. The van der Waals surface area contributed by atoms with Gasteiger partial charge in [0.2, 0.25) is 0 Å². The Hall–Kier alpha value is -3.53. The SMILES string of the molecule is CCCCCCCCCOc1ccc(C=CC2=NN(c3ccccc3)C(c3ccc(OCCCCCCCCC)cc3)C2)cc1. The minimum absolute atomic E-state index is 0.145. The van der Waals surface area contributed by atoms with Crippen LogP contribution in [0.5, 0.6) is 11.5 Å². The lowest BCUT2D eigenvalue weighted by molar-refractivity contribution is 0.304. The van der Waals surface area contributed by atoms with Gasteiger partial charge in [-0.25, -0.2) is 0 Å². The zero-order chi connectivity index (χ0) is 31.4. The molecular formula is C41H56N2O2. The van der Waals surface area contributed by atoms with Crippen molar-refractivity contribution in [1.29, 1.82) is 0 Å². The van der Waals surface area contributed by atoms with Crippen molar-refractivity contribution >= 4 is 17.5 Å². The van der Waals surface area contributed by atoms with Crippen LogP contribution >= 0.6 is 0 Å². The van der Waals surface area contributed by atoms with E-state index in [-0.39, 0.29) is 6.04 Å². The van der Waals surface area contributed by atoms with Crippen LogP contribution in [0.1, 0.15) is 127 Å². The maximum absolute atomic E-state index is 6.07. The topological polar surface area (TPSA) is 34.1 Å². The monoisotopic (exact) mass is 608 g/mol. The number of hydrogen-bond donors (Lipinski definition) is 0. The molecule has 0 aliphatic carbocycles. The molecule has 4 nitrogen and oxygen atoms in total. The van der Waals surface area contributed by atoms with Gasteiger partial charge in [-0.3, -0.25) is 5.01 Å². The van der Waals surface area contributed by atoms with Gasteiger partial charge in [0.15, 0.2) is 0 Å². The minimum atomic E-state index is 0.145. The number of benzene rings is 3. The van der Waals surface area contributed by atoms with Crippen LogP contribution in [0.2, 0.25) is 0 Å². The van der Waals surface area contributed by atoms with Crippen molar-refractivity contribution in [2.75, 3.05) is 18.2 Å². The Morgan fingerprint density at radius 3 is 1.67 bits per heavy atom. The maximum Gasteiger partial charge on any atom is 0.119 e. The number of allylic oxidation sites excluding steroid dienone is 1. The first-order valence-corrected chi connectivity index (χ1v) is 17.8. The van der Waals surface area contributed by atoms with E-state index >= 15 is 0 Å². The molecule has 1 aliphatic heterocycles. The summed E-state index contributed by atoms with van der Waals surface area (Å²) < 4.78 is 12.1. The molecule has 3 aromatic carbocycles. The lowest BCUT2D eigenvalue weighted by Gasteiger charge is -2.24. The predicted octanol–water partition coefficient (Wildman–Crippen LogP) is 12.0. The highest BCUT2D eigenvalue weighted by atomic mass is 16.5. The van der Waals surface area contributed by atoms with Gasteiger partial charge in [0, 0.05) is 6.42 Å². The molecule has 0 fully saturated rings. The molecule has 0 bridgehead atoms. The van der Waals surface area contributed by atoms with E-state index in [1.165, 1.54) is 82.6 Å². The minimum Gasteiger partial charge on any atom is -0.494 e. The maximum atomic E-state index is 6.07. The summed E-state index contributed by atoms with van der Waals surface area (Å²) in [5, 5.41) is 7.22. The highest BCUT2D eigenvalue weighted by Crippen LogP contribution is 2.36. The molecule has 3 aromatic rings. The first-order chi connectivity index (χ1) is 22.3.